The number of phosphoric acid groups is 2. The molecule has 0 aromatic rings. The molecule has 0 aliphatic heterocycles. The van der Waals surface area contributed by atoms with Gasteiger partial charge in [0.1, 0.15) is 19.3 Å². The fourth-order valence-electron chi connectivity index (χ4n) is 10.3. The number of carbonyl (C=O) groups is 4. The van der Waals surface area contributed by atoms with E-state index in [-0.39, 0.29) is 25.7 Å². The van der Waals surface area contributed by atoms with Crippen LogP contribution in [-0.4, -0.2) is 96.7 Å². The Kier molecular flexibility index (Phi) is 58.7. The van der Waals surface area contributed by atoms with Gasteiger partial charge >= 0.3 is 39.5 Å². The third kappa shape index (κ3) is 61.6. The number of carbonyl (C=O) groups excluding carboxylic acids is 4. The lowest BCUT2D eigenvalue weighted by Gasteiger charge is -2.21. The lowest BCUT2D eigenvalue weighted by atomic mass is 10.00. The summed E-state index contributed by atoms with van der Waals surface area (Å²) in [7, 11) is -9.89. The van der Waals surface area contributed by atoms with Gasteiger partial charge < -0.3 is 33.8 Å². The van der Waals surface area contributed by atoms with Crippen LogP contribution in [0.25, 0.3) is 0 Å². The summed E-state index contributed by atoms with van der Waals surface area (Å²) in [5, 5.41) is 10.6. The van der Waals surface area contributed by atoms with Crippen molar-refractivity contribution in [2.75, 3.05) is 39.6 Å². The highest BCUT2D eigenvalue weighted by Gasteiger charge is 2.30. The van der Waals surface area contributed by atoms with E-state index in [0.717, 1.165) is 120 Å². The normalized spacial score (nSPS) is 14.5. The van der Waals surface area contributed by atoms with Crippen LogP contribution < -0.4 is 0 Å². The number of rotatable bonds is 67. The first-order valence-electron chi connectivity index (χ1n) is 35.9. The number of ether oxygens (including phenoxy) is 4. The number of hydrogen-bond acceptors (Lipinski definition) is 15. The molecule has 0 aromatic carbocycles. The number of hydrogen-bond donors (Lipinski definition) is 3. The maximum absolute atomic E-state index is 13.0. The van der Waals surface area contributed by atoms with E-state index in [1.807, 2.05) is 0 Å². The Labute approximate surface area is 537 Å². The van der Waals surface area contributed by atoms with Crippen LogP contribution in [-0.2, 0) is 65.4 Å². The second-order valence-electron chi connectivity index (χ2n) is 26.1. The zero-order valence-corrected chi connectivity index (χ0v) is 59.0. The molecule has 0 amide bonds. The van der Waals surface area contributed by atoms with Crippen molar-refractivity contribution in [2.24, 2.45) is 17.8 Å². The van der Waals surface area contributed by atoms with Crippen molar-refractivity contribution in [1.29, 1.82) is 0 Å². The molecule has 0 saturated carbocycles. The number of phosphoric ester groups is 2. The minimum absolute atomic E-state index is 0.102. The summed E-state index contributed by atoms with van der Waals surface area (Å²) in [5.74, 6) is 0.138. The summed E-state index contributed by atoms with van der Waals surface area (Å²) < 4.78 is 68.1. The Morgan fingerprint density at radius 3 is 0.864 bits per heavy atom. The van der Waals surface area contributed by atoms with Crippen molar-refractivity contribution in [2.45, 2.75) is 362 Å². The molecular formula is C69H134O17P2. The Morgan fingerprint density at radius 2 is 0.580 bits per heavy atom. The molecule has 0 heterocycles. The molecule has 0 aliphatic carbocycles. The van der Waals surface area contributed by atoms with Gasteiger partial charge in [0.05, 0.1) is 26.4 Å². The summed E-state index contributed by atoms with van der Waals surface area (Å²) in [6, 6.07) is 0. The van der Waals surface area contributed by atoms with Crippen molar-refractivity contribution in [3.63, 3.8) is 0 Å². The van der Waals surface area contributed by atoms with E-state index in [2.05, 4.69) is 48.5 Å². The van der Waals surface area contributed by atoms with Gasteiger partial charge in [-0.25, -0.2) is 9.13 Å². The second kappa shape index (κ2) is 60.0. The zero-order valence-electron chi connectivity index (χ0n) is 57.2. The topological polar surface area (TPSA) is 237 Å². The molecule has 0 aliphatic rings. The third-order valence-corrected chi connectivity index (χ3v) is 18.1. The number of aliphatic hydroxyl groups is 1. The highest BCUT2D eigenvalue weighted by molar-refractivity contribution is 7.47. The van der Waals surface area contributed by atoms with E-state index in [1.165, 1.54) is 141 Å². The van der Waals surface area contributed by atoms with Gasteiger partial charge in [-0.05, 0) is 43.4 Å². The van der Waals surface area contributed by atoms with Crippen LogP contribution in [0.3, 0.4) is 0 Å². The molecule has 0 bridgehead atoms. The Bertz CT molecular complexity index is 1730. The summed E-state index contributed by atoms with van der Waals surface area (Å²) in [6.07, 6.45) is 43.3. The zero-order chi connectivity index (χ0) is 65.2. The molecule has 19 heteroatoms. The largest absolute Gasteiger partial charge is 0.472 e. The standard InChI is InChI=1S/C69H134O17P2/c1-8-10-11-12-26-36-43-50-66(71)79-56-65(86-69(74)53-46-39-32-31-35-42-49-62(7)9-2)59-84-88(77,78)82-55-63(70)54-81-87(75,76)83-58-64(57-80-67(72)51-44-37-29-25-21-23-28-34-41-48-61(5)6)85-68(73)52-45-38-30-24-20-18-16-14-13-15-17-19-22-27-33-40-47-60(3)4/h60-65,70H,8-59H2,1-7H3,(H,75,76)(H,77,78)/t62?,63-,64-,65-/m1/s1. The second-order valence-corrected chi connectivity index (χ2v) is 29.0. The molecule has 0 spiro atoms. The molecule has 3 N–H and O–H groups in total. The fourth-order valence-corrected chi connectivity index (χ4v) is 11.9. The molecule has 0 saturated heterocycles. The van der Waals surface area contributed by atoms with Gasteiger partial charge in [0.2, 0.25) is 0 Å². The van der Waals surface area contributed by atoms with E-state index in [0.29, 0.717) is 25.7 Å². The Hall–Kier alpha value is -1.94. The summed E-state index contributed by atoms with van der Waals surface area (Å²) in [6.45, 7) is 11.8. The van der Waals surface area contributed by atoms with Crippen LogP contribution in [0.15, 0.2) is 0 Å². The van der Waals surface area contributed by atoms with Gasteiger partial charge in [0.25, 0.3) is 0 Å². The highest BCUT2D eigenvalue weighted by atomic mass is 31.2. The quantitative estimate of drug-likeness (QED) is 0.0222. The van der Waals surface area contributed by atoms with Crippen LogP contribution in [0, 0.1) is 17.8 Å². The molecule has 522 valence electrons. The first kappa shape index (κ1) is 86.1. The fraction of sp³-hybridized carbons (Fsp3) is 0.942. The maximum Gasteiger partial charge on any atom is 0.472 e. The predicted octanol–water partition coefficient (Wildman–Crippen LogP) is 19.5. The van der Waals surface area contributed by atoms with Crippen LogP contribution in [0.5, 0.6) is 0 Å². The van der Waals surface area contributed by atoms with Crippen molar-refractivity contribution in [3.8, 4) is 0 Å². The first-order chi connectivity index (χ1) is 42.3. The van der Waals surface area contributed by atoms with E-state index < -0.39 is 97.5 Å². The minimum atomic E-state index is -4.95. The molecule has 6 atom stereocenters. The van der Waals surface area contributed by atoms with Crippen molar-refractivity contribution < 1.29 is 80.2 Å². The van der Waals surface area contributed by atoms with Gasteiger partial charge in [-0.15, -0.1) is 0 Å². The minimum Gasteiger partial charge on any atom is -0.462 e. The van der Waals surface area contributed by atoms with Gasteiger partial charge in [-0.3, -0.25) is 37.3 Å². The van der Waals surface area contributed by atoms with E-state index in [1.54, 1.807) is 0 Å². The van der Waals surface area contributed by atoms with Crippen molar-refractivity contribution in [3.05, 3.63) is 0 Å². The lowest BCUT2D eigenvalue weighted by Crippen LogP contribution is -2.30. The van der Waals surface area contributed by atoms with Crippen molar-refractivity contribution in [1.82, 2.24) is 0 Å². The molecule has 3 unspecified atom stereocenters. The number of unbranched alkanes of at least 4 members (excludes halogenated alkanes) is 34. The molecule has 0 fully saturated rings. The van der Waals surface area contributed by atoms with Gasteiger partial charge in [0.15, 0.2) is 12.2 Å². The average Bonchev–Trinajstić information content (AvgIpc) is 3.50. The predicted molar refractivity (Wildman–Crippen MR) is 354 cm³/mol. The van der Waals surface area contributed by atoms with Crippen LogP contribution in [0.1, 0.15) is 344 Å². The molecule has 0 rings (SSSR count). The first-order valence-corrected chi connectivity index (χ1v) is 38.9. The van der Waals surface area contributed by atoms with E-state index in [9.17, 15) is 43.2 Å². The molecule has 88 heavy (non-hydrogen) atoms. The van der Waals surface area contributed by atoms with E-state index in [4.69, 9.17) is 37.0 Å². The van der Waals surface area contributed by atoms with Gasteiger partial charge in [-0.1, -0.05) is 292 Å². The summed E-state index contributed by atoms with van der Waals surface area (Å²) in [5.41, 5.74) is 0. The molecular weight excluding hydrogens is 1160 g/mol. The average molecular weight is 1300 g/mol. The number of esters is 4. The Balaban J connectivity index is 5.18. The van der Waals surface area contributed by atoms with Gasteiger partial charge in [0, 0.05) is 25.7 Å². The monoisotopic (exact) mass is 1300 g/mol. The van der Waals surface area contributed by atoms with Crippen LogP contribution >= 0.6 is 15.6 Å². The summed E-state index contributed by atoms with van der Waals surface area (Å²) in [4.78, 5) is 72.3. The highest BCUT2D eigenvalue weighted by Crippen LogP contribution is 2.45. The number of aliphatic hydroxyl groups excluding tert-OH is 1. The van der Waals surface area contributed by atoms with Gasteiger partial charge in [-0.2, -0.15) is 0 Å². The third-order valence-electron chi connectivity index (χ3n) is 16.2. The molecule has 0 aromatic heterocycles. The maximum atomic E-state index is 13.0. The smallest absolute Gasteiger partial charge is 0.462 e. The Morgan fingerprint density at radius 1 is 0.330 bits per heavy atom. The molecule has 17 nitrogen and oxygen atoms in total. The van der Waals surface area contributed by atoms with E-state index >= 15 is 0 Å². The SMILES string of the molecule is CCCCCCCCCC(=O)OC[C@H](COP(=O)(O)OC[C@H](O)COP(=O)(O)OC[C@@H](COC(=O)CCCCCCCCCCCC(C)C)OC(=O)CCCCCCCCCCCCCCCCCCC(C)C)OC(=O)CCCCCCCCC(C)CC. The lowest BCUT2D eigenvalue weighted by molar-refractivity contribution is -0.161. The molecule has 0 radical (unpaired) electrons. The van der Waals surface area contributed by atoms with Crippen LogP contribution in [0.4, 0.5) is 0 Å². The van der Waals surface area contributed by atoms with Crippen LogP contribution in [0.2, 0.25) is 0 Å². The summed E-state index contributed by atoms with van der Waals surface area (Å²) >= 11 is 0. The van der Waals surface area contributed by atoms with Crippen molar-refractivity contribution >= 4 is 39.5 Å².